The number of halogens is 1. The summed E-state index contributed by atoms with van der Waals surface area (Å²) in [6.07, 6.45) is 0. The molecule has 1 aromatic heterocycles. The van der Waals surface area contributed by atoms with Gasteiger partial charge in [-0.3, -0.25) is 9.59 Å². The first-order chi connectivity index (χ1) is 9.24. The zero-order chi connectivity index (χ0) is 15.1. The number of nitrogens with one attached hydrogen (secondary N) is 1. The molecule has 1 heterocycles. The van der Waals surface area contributed by atoms with Crippen molar-refractivity contribution < 1.29 is 9.59 Å². The number of hydrogen-bond acceptors (Lipinski definition) is 4. The molecule has 106 valence electrons. The van der Waals surface area contributed by atoms with E-state index in [2.05, 4.69) is 21.2 Å². The van der Waals surface area contributed by atoms with Crippen molar-refractivity contribution in [2.45, 2.75) is 19.4 Å². The quantitative estimate of drug-likeness (QED) is 0.787. The standard InChI is InChI=1S/C13H14BrN3O2S/c1-13(2,12(16)19)17-11(18)10-9(15)8-6(14)4-3-5-7(8)20-10/h3-5H,15H2,1-2H3,(H2,16,19)(H,17,18). The Kier molecular flexibility index (Phi) is 3.75. The fraction of sp³-hybridized carbons (Fsp3) is 0.231. The van der Waals surface area contributed by atoms with Crippen molar-refractivity contribution in [1.82, 2.24) is 5.32 Å². The van der Waals surface area contributed by atoms with Gasteiger partial charge in [0.2, 0.25) is 5.91 Å². The number of rotatable bonds is 3. The predicted molar refractivity (Wildman–Crippen MR) is 84.7 cm³/mol. The minimum Gasteiger partial charge on any atom is -0.397 e. The molecule has 5 N–H and O–H groups in total. The molecular formula is C13H14BrN3O2S. The predicted octanol–water partition coefficient (Wildman–Crippen LogP) is 2.24. The van der Waals surface area contributed by atoms with Crippen molar-refractivity contribution in [3.63, 3.8) is 0 Å². The van der Waals surface area contributed by atoms with Crippen LogP contribution in [0.15, 0.2) is 22.7 Å². The Hall–Kier alpha value is -1.60. The van der Waals surface area contributed by atoms with E-state index in [1.807, 2.05) is 18.2 Å². The van der Waals surface area contributed by atoms with Crippen LogP contribution in [0.1, 0.15) is 23.5 Å². The van der Waals surface area contributed by atoms with Gasteiger partial charge in [0.1, 0.15) is 10.4 Å². The molecule has 2 rings (SSSR count). The summed E-state index contributed by atoms with van der Waals surface area (Å²) in [5.41, 5.74) is 10.6. The summed E-state index contributed by atoms with van der Waals surface area (Å²) in [4.78, 5) is 23.9. The first-order valence-electron chi connectivity index (χ1n) is 5.83. The fourth-order valence-corrected chi connectivity index (χ4v) is 3.46. The molecule has 0 fully saturated rings. The number of carbonyl (C=O) groups excluding carboxylic acids is 2. The third-order valence-electron chi connectivity index (χ3n) is 2.95. The second-order valence-electron chi connectivity index (χ2n) is 4.90. The summed E-state index contributed by atoms with van der Waals surface area (Å²) in [5.74, 6) is -1.01. The Balaban J connectivity index is 2.44. The fourth-order valence-electron chi connectivity index (χ4n) is 1.70. The maximum absolute atomic E-state index is 12.3. The lowest BCUT2D eigenvalue weighted by Crippen LogP contribution is -2.52. The smallest absolute Gasteiger partial charge is 0.264 e. The van der Waals surface area contributed by atoms with Crippen molar-refractivity contribution in [2.75, 3.05) is 5.73 Å². The first-order valence-corrected chi connectivity index (χ1v) is 7.44. The Labute approximate surface area is 128 Å². The number of carbonyl (C=O) groups is 2. The molecule has 0 atom stereocenters. The molecule has 7 heteroatoms. The van der Waals surface area contributed by atoms with Gasteiger partial charge in [-0.25, -0.2) is 0 Å². The Bertz CT molecular complexity index is 709. The molecule has 0 saturated carbocycles. The summed E-state index contributed by atoms with van der Waals surface area (Å²) in [5, 5.41) is 3.40. The van der Waals surface area contributed by atoms with Crippen molar-refractivity contribution in [3.05, 3.63) is 27.5 Å². The van der Waals surface area contributed by atoms with E-state index in [0.717, 1.165) is 14.6 Å². The van der Waals surface area contributed by atoms with Gasteiger partial charge < -0.3 is 16.8 Å². The molecule has 20 heavy (non-hydrogen) atoms. The average Bonchev–Trinajstić information content (AvgIpc) is 2.67. The third kappa shape index (κ3) is 2.51. The summed E-state index contributed by atoms with van der Waals surface area (Å²) < 4.78 is 1.73. The van der Waals surface area contributed by atoms with Crippen LogP contribution < -0.4 is 16.8 Å². The molecular weight excluding hydrogens is 342 g/mol. The normalized spacial score (nSPS) is 11.6. The molecule has 2 amide bonds. The van der Waals surface area contributed by atoms with E-state index in [9.17, 15) is 9.59 Å². The maximum atomic E-state index is 12.3. The van der Waals surface area contributed by atoms with Gasteiger partial charge in [0.15, 0.2) is 0 Å². The maximum Gasteiger partial charge on any atom is 0.264 e. The molecule has 0 bridgehead atoms. The lowest BCUT2D eigenvalue weighted by molar-refractivity contribution is -0.122. The Morgan fingerprint density at radius 3 is 2.55 bits per heavy atom. The lowest BCUT2D eigenvalue weighted by atomic mass is 10.1. The summed E-state index contributed by atoms with van der Waals surface area (Å²) in [6, 6.07) is 5.62. The Morgan fingerprint density at radius 2 is 2.00 bits per heavy atom. The summed E-state index contributed by atoms with van der Waals surface area (Å²) in [7, 11) is 0. The minimum absolute atomic E-state index is 0.376. The second kappa shape index (κ2) is 5.06. The molecule has 0 saturated heterocycles. The average molecular weight is 356 g/mol. The second-order valence-corrected chi connectivity index (χ2v) is 6.81. The molecule has 1 aromatic carbocycles. The monoisotopic (exact) mass is 355 g/mol. The van der Waals surface area contributed by atoms with Crippen LogP contribution >= 0.6 is 27.3 Å². The van der Waals surface area contributed by atoms with Gasteiger partial charge in [-0.1, -0.05) is 22.0 Å². The van der Waals surface area contributed by atoms with Gasteiger partial charge in [0.05, 0.1) is 5.69 Å². The van der Waals surface area contributed by atoms with Gasteiger partial charge in [-0.15, -0.1) is 11.3 Å². The molecule has 0 unspecified atom stereocenters. The third-order valence-corrected chi connectivity index (χ3v) is 4.78. The lowest BCUT2D eigenvalue weighted by Gasteiger charge is -2.21. The number of nitrogens with two attached hydrogens (primary N) is 2. The van der Waals surface area contributed by atoms with Crippen molar-refractivity contribution >= 4 is 54.9 Å². The largest absolute Gasteiger partial charge is 0.397 e. The van der Waals surface area contributed by atoms with E-state index < -0.39 is 17.4 Å². The number of thiophene rings is 1. The van der Waals surface area contributed by atoms with E-state index in [4.69, 9.17) is 11.5 Å². The number of primary amides is 1. The van der Waals surface area contributed by atoms with E-state index >= 15 is 0 Å². The van der Waals surface area contributed by atoms with Gasteiger partial charge in [0, 0.05) is 14.6 Å². The van der Waals surface area contributed by atoms with E-state index in [1.54, 1.807) is 13.8 Å². The highest BCUT2D eigenvalue weighted by atomic mass is 79.9. The molecule has 2 aromatic rings. The van der Waals surface area contributed by atoms with Gasteiger partial charge >= 0.3 is 0 Å². The molecule has 0 aliphatic rings. The van der Waals surface area contributed by atoms with Crippen LogP contribution in [0.4, 0.5) is 5.69 Å². The molecule has 0 radical (unpaired) electrons. The topological polar surface area (TPSA) is 98.2 Å². The zero-order valence-corrected chi connectivity index (χ0v) is 13.4. The highest BCUT2D eigenvalue weighted by Gasteiger charge is 2.29. The number of fused-ring (bicyclic) bond motifs is 1. The summed E-state index contributed by atoms with van der Waals surface area (Å²) >= 11 is 4.70. The van der Waals surface area contributed by atoms with Gasteiger partial charge in [0.25, 0.3) is 5.91 Å². The van der Waals surface area contributed by atoms with E-state index in [-0.39, 0.29) is 0 Å². The number of amides is 2. The van der Waals surface area contributed by atoms with Crippen LogP contribution in [0.3, 0.4) is 0 Å². The van der Waals surface area contributed by atoms with Crippen LogP contribution in [-0.2, 0) is 4.79 Å². The highest BCUT2D eigenvalue weighted by Crippen LogP contribution is 2.38. The number of benzene rings is 1. The number of anilines is 1. The van der Waals surface area contributed by atoms with Gasteiger partial charge in [-0.2, -0.15) is 0 Å². The first kappa shape index (κ1) is 14.8. The van der Waals surface area contributed by atoms with Gasteiger partial charge in [-0.05, 0) is 26.0 Å². The van der Waals surface area contributed by atoms with Crippen LogP contribution in [0, 0.1) is 0 Å². The molecule has 0 spiro atoms. The van der Waals surface area contributed by atoms with Crippen molar-refractivity contribution in [3.8, 4) is 0 Å². The number of hydrogen-bond donors (Lipinski definition) is 3. The van der Waals surface area contributed by atoms with Crippen LogP contribution in [0.25, 0.3) is 10.1 Å². The van der Waals surface area contributed by atoms with E-state index in [1.165, 1.54) is 11.3 Å². The zero-order valence-electron chi connectivity index (χ0n) is 11.0. The number of nitrogen functional groups attached to an aromatic ring is 1. The van der Waals surface area contributed by atoms with Crippen molar-refractivity contribution in [2.24, 2.45) is 5.73 Å². The Morgan fingerprint density at radius 1 is 1.35 bits per heavy atom. The van der Waals surface area contributed by atoms with Crippen LogP contribution in [0.2, 0.25) is 0 Å². The summed E-state index contributed by atoms with van der Waals surface area (Å²) in [6.45, 7) is 3.10. The molecule has 0 aliphatic heterocycles. The van der Waals surface area contributed by atoms with Crippen molar-refractivity contribution in [1.29, 1.82) is 0 Å². The molecule has 0 aliphatic carbocycles. The highest BCUT2D eigenvalue weighted by molar-refractivity contribution is 9.10. The van der Waals surface area contributed by atoms with E-state index in [0.29, 0.717) is 10.6 Å². The van der Waals surface area contributed by atoms with Crippen LogP contribution in [-0.4, -0.2) is 17.4 Å². The molecule has 5 nitrogen and oxygen atoms in total. The SMILES string of the molecule is CC(C)(NC(=O)c1sc2cccc(Br)c2c1N)C(N)=O. The minimum atomic E-state index is -1.13. The van der Waals surface area contributed by atoms with Crippen LogP contribution in [0.5, 0.6) is 0 Å².